The standard InChI is InChI=1S/C14H25N5/c1-5-15-13-9-14(17-11(2)16-13)19-8-6-7-12(19)10-18(3)4/h9,12H,5-8,10H2,1-4H3,(H,15,16,17). The van der Waals surface area contributed by atoms with Crippen molar-refractivity contribution >= 4 is 11.6 Å². The first-order valence-electron chi connectivity index (χ1n) is 7.11. The maximum absolute atomic E-state index is 4.61. The number of likely N-dealkylation sites (N-methyl/N-ethyl adjacent to an activating group) is 1. The fourth-order valence-corrected chi connectivity index (χ4v) is 2.72. The number of anilines is 2. The minimum atomic E-state index is 0.568. The Labute approximate surface area is 116 Å². The fraction of sp³-hybridized carbons (Fsp3) is 0.714. The zero-order valence-corrected chi connectivity index (χ0v) is 12.5. The molecule has 1 N–H and O–H groups in total. The average Bonchev–Trinajstić information content (AvgIpc) is 2.75. The van der Waals surface area contributed by atoms with Gasteiger partial charge < -0.3 is 15.1 Å². The van der Waals surface area contributed by atoms with Gasteiger partial charge in [-0.05, 0) is 40.8 Å². The molecule has 1 aromatic heterocycles. The molecule has 0 radical (unpaired) electrons. The van der Waals surface area contributed by atoms with Crippen LogP contribution in [-0.2, 0) is 0 Å². The Morgan fingerprint density at radius 3 is 2.89 bits per heavy atom. The molecule has 1 aliphatic rings. The number of aromatic nitrogens is 2. The zero-order valence-electron chi connectivity index (χ0n) is 12.5. The SMILES string of the molecule is CCNc1cc(N2CCCC2CN(C)C)nc(C)n1. The molecule has 0 aliphatic carbocycles. The first-order chi connectivity index (χ1) is 9.10. The van der Waals surface area contributed by atoms with Crippen LogP contribution in [0.4, 0.5) is 11.6 Å². The third-order valence-corrected chi connectivity index (χ3v) is 3.43. The summed E-state index contributed by atoms with van der Waals surface area (Å²) in [5, 5.41) is 3.28. The van der Waals surface area contributed by atoms with E-state index in [0.717, 1.165) is 37.1 Å². The molecule has 0 saturated carbocycles. The highest BCUT2D eigenvalue weighted by molar-refractivity contribution is 5.50. The summed E-state index contributed by atoms with van der Waals surface area (Å²) in [4.78, 5) is 13.7. The molecule has 0 amide bonds. The summed E-state index contributed by atoms with van der Waals surface area (Å²) in [5.41, 5.74) is 0. The van der Waals surface area contributed by atoms with Gasteiger partial charge in [0.1, 0.15) is 17.5 Å². The van der Waals surface area contributed by atoms with Crippen LogP contribution in [0.2, 0.25) is 0 Å². The van der Waals surface area contributed by atoms with Crippen molar-refractivity contribution in [2.45, 2.75) is 32.7 Å². The lowest BCUT2D eigenvalue weighted by atomic mass is 10.2. The van der Waals surface area contributed by atoms with Gasteiger partial charge in [0.05, 0.1) is 0 Å². The number of hydrogen-bond acceptors (Lipinski definition) is 5. The Kier molecular flexibility index (Phi) is 4.58. The molecule has 0 aromatic carbocycles. The van der Waals surface area contributed by atoms with Crippen LogP contribution in [0, 0.1) is 6.92 Å². The Hall–Kier alpha value is -1.36. The lowest BCUT2D eigenvalue weighted by Gasteiger charge is -2.28. The van der Waals surface area contributed by atoms with Gasteiger partial charge in [0, 0.05) is 31.7 Å². The largest absolute Gasteiger partial charge is 0.370 e. The van der Waals surface area contributed by atoms with Gasteiger partial charge in [-0.1, -0.05) is 0 Å². The van der Waals surface area contributed by atoms with E-state index < -0.39 is 0 Å². The number of aryl methyl sites for hydroxylation is 1. The number of rotatable bonds is 5. The topological polar surface area (TPSA) is 44.3 Å². The fourth-order valence-electron chi connectivity index (χ4n) is 2.72. The van der Waals surface area contributed by atoms with Gasteiger partial charge >= 0.3 is 0 Å². The van der Waals surface area contributed by atoms with Crippen LogP contribution in [0.1, 0.15) is 25.6 Å². The van der Waals surface area contributed by atoms with Crippen molar-refractivity contribution in [3.05, 3.63) is 11.9 Å². The van der Waals surface area contributed by atoms with Crippen molar-refractivity contribution in [2.75, 3.05) is 43.9 Å². The number of nitrogens with one attached hydrogen (secondary N) is 1. The molecule has 0 spiro atoms. The van der Waals surface area contributed by atoms with Crippen molar-refractivity contribution in [1.82, 2.24) is 14.9 Å². The van der Waals surface area contributed by atoms with Crippen molar-refractivity contribution in [1.29, 1.82) is 0 Å². The van der Waals surface area contributed by atoms with Crippen LogP contribution in [0.3, 0.4) is 0 Å². The molecule has 2 heterocycles. The summed E-state index contributed by atoms with van der Waals surface area (Å²) in [6.07, 6.45) is 2.50. The van der Waals surface area contributed by atoms with E-state index in [2.05, 4.69) is 52.2 Å². The lowest BCUT2D eigenvalue weighted by molar-refractivity contribution is 0.371. The third-order valence-electron chi connectivity index (χ3n) is 3.43. The van der Waals surface area contributed by atoms with Crippen LogP contribution in [0.25, 0.3) is 0 Å². The smallest absolute Gasteiger partial charge is 0.134 e. The quantitative estimate of drug-likeness (QED) is 0.877. The molecule has 106 valence electrons. The zero-order chi connectivity index (χ0) is 13.8. The highest BCUT2D eigenvalue weighted by Crippen LogP contribution is 2.25. The van der Waals surface area contributed by atoms with E-state index in [0.29, 0.717) is 6.04 Å². The molecule has 1 aliphatic heterocycles. The third kappa shape index (κ3) is 3.56. The number of hydrogen-bond donors (Lipinski definition) is 1. The minimum absolute atomic E-state index is 0.568. The monoisotopic (exact) mass is 263 g/mol. The maximum Gasteiger partial charge on any atom is 0.134 e. The average molecular weight is 263 g/mol. The predicted molar refractivity (Wildman–Crippen MR) is 79.9 cm³/mol. The van der Waals surface area contributed by atoms with E-state index in [1.165, 1.54) is 12.8 Å². The van der Waals surface area contributed by atoms with Crippen LogP contribution in [0.15, 0.2) is 6.07 Å². The van der Waals surface area contributed by atoms with Crippen molar-refractivity contribution in [2.24, 2.45) is 0 Å². The first-order valence-corrected chi connectivity index (χ1v) is 7.11. The molecule has 0 bridgehead atoms. The maximum atomic E-state index is 4.61. The van der Waals surface area contributed by atoms with Crippen LogP contribution < -0.4 is 10.2 Å². The van der Waals surface area contributed by atoms with Crippen LogP contribution in [0.5, 0.6) is 0 Å². The molecular formula is C14H25N5. The van der Waals surface area contributed by atoms with Crippen LogP contribution in [-0.4, -0.2) is 54.6 Å². The van der Waals surface area contributed by atoms with Gasteiger partial charge in [-0.2, -0.15) is 0 Å². The summed E-state index contributed by atoms with van der Waals surface area (Å²) in [7, 11) is 4.26. The summed E-state index contributed by atoms with van der Waals surface area (Å²) in [6, 6.07) is 2.64. The van der Waals surface area contributed by atoms with E-state index >= 15 is 0 Å². The molecular weight excluding hydrogens is 238 g/mol. The summed E-state index contributed by atoms with van der Waals surface area (Å²) in [5.74, 6) is 2.83. The van der Waals surface area contributed by atoms with Gasteiger partial charge in [0.15, 0.2) is 0 Å². The molecule has 1 atom stereocenters. The van der Waals surface area contributed by atoms with E-state index in [9.17, 15) is 0 Å². The van der Waals surface area contributed by atoms with E-state index in [4.69, 9.17) is 0 Å². The second-order valence-corrected chi connectivity index (χ2v) is 5.44. The van der Waals surface area contributed by atoms with E-state index in [-0.39, 0.29) is 0 Å². The van der Waals surface area contributed by atoms with Crippen LogP contribution >= 0.6 is 0 Å². The van der Waals surface area contributed by atoms with E-state index in [1.807, 2.05) is 6.92 Å². The van der Waals surface area contributed by atoms with Crippen molar-refractivity contribution < 1.29 is 0 Å². The summed E-state index contributed by atoms with van der Waals surface area (Å²) < 4.78 is 0. The second kappa shape index (κ2) is 6.19. The Balaban J connectivity index is 2.19. The van der Waals surface area contributed by atoms with Gasteiger partial charge in [-0.25, -0.2) is 9.97 Å². The van der Waals surface area contributed by atoms with Gasteiger partial charge in [-0.15, -0.1) is 0 Å². The van der Waals surface area contributed by atoms with Gasteiger partial charge in [0.25, 0.3) is 0 Å². The highest BCUT2D eigenvalue weighted by atomic mass is 15.3. The molecule has 1 unspecified atom stereocenters. The molecule has 1 aromatic rings. The highest BCUT2D eigenvalue weighted by Gasteiger charge is 2.26. The molecule has 1 saturated heterocycles. The predicted octanol–water partition coefficient (Wildman–Crippen LogP) is 1.75. The van der Waals surface area contributed by atoms with Crippen molar-refractivity contribution in [3.8, 4) is 0 Å². The molecule has 1 fully saturated rings. The summed E-state index contributed by atoms with van der Waals surface area (Å²) >= 11 is 0. The number of nitrogens with zero attached hydrogens (tertiary/aromatic N) is 4. The normalized spacial score (nSPS) is 19.2. The van der Waals surface area contributed by atoms with Gasteiger partial charge in [-0.3, -0.25) is 0 Å². The van der Waals surface area contributed by atoms with Gasteiger partial charge in [0.2, 0.25) is 0 Å². The van der Waals surface area contributed by atoms with E-state index in [1.54, 1.807) is 0 Å². The second-order valence-electron chi connectivity index (χ2n) is 5.44. The lowest BCUT2D eigenvalue weighted by Crippen LogP contribution is -2.38. The Morgan fingerprint density at radius 2 is 2.21 bits per heavy atom. The molecule has 5 nitrogen and oxygen atoms in total. The molecule has 5 heteroatoms. The Bertz CT molecular complexity index is 418. The summed E-state index contributed by atoms with van der Waals surface area (Å²) in [6.45, 7) is 7.11. The first kappa shape index (κ1) is 14.1. The Morgan fingerprint density at radius 1 is 1.42 bits per heavy atom. The molecule has 19 heavy (non-hydrogen) atoms. The molecule has 2 rings (SSSR count). The minimum Gasteiger partial charge on any atom is -0.370 e. The van der Waals surface area contributed by atoms with Crippen molar-refractivity contribution in [3.63, 3.8) is 0 Å².